The highest BCUT2D eigenvalue weighted by Gasteiger charge is 2.33. The lowest BCUT2D eigenvalue weighted by atomic mass is 9.82. The van der Waals surface area contributed by atoms with Gasteiger partial charge in [0.15, 0.2) is 11.5 Å². The number of rotatable bonds is 3. The Morgan fingerprint density at radius 3 is 2.40 bits per heavy atom. The first-order valence-corrected chi connectivity index (χ1v) is 8.79. The van der Waals surface area contributed by atoms with Crippen molar-refractivity contribution in [3.63, 3.8) is 0 Å². The molecule has 2 aliphatic heterocycles. The van der Waals surface area contributed by atoms with Crippen LogP contribution in [0.2, 0.25) is 0 Å². The van der Waals surface area contributed by atoms with E-state index in [9.17, 15) is 0 Å². The third kappa shape index (κ3) is 2.65. The summed E-state index contributed by atoms with van der Waals surface area (Å²) in [7, 11) is 5.14. The van der Waals surface area contributed by atoms with Crippen molar-refractivity contribution in [3.8, 4) is 17.2 Å². The fourth-order valence-corrected chi connectivity index (χ4v) is 4.30. The first-order chi connectivity index (χ1) is 12.1. The van der Waals surface area contributed by atoms with Crippen LogP contribution in [-0.4, -0.2) is 32.8 Å². The minimum absolute atomic E-state index is 0.391. The summed E-state index contributed by atoms with van der Waals surface area (Å²) >= 11 is 0. The summed E-state index contributed by atoms with van der Waals surface area (Å²) in [4.78, 5) is 2.59. The molecular weight excluding hydrogens is 314 g/mol. The van der Waals surface area contributed by atoms with E-state index in [0.717, 1.165) is 43.2 Å². The first kappa shape index (κ1) is 16.3. The second-order valence-electron chi connectivity index (χ2n) is 6.93. The maximum absolute atomic E-state index is 5.54. The Balaban J connectivity index is 1.77. The van der Waals surface area contributed by atoms with Crippen LogP contribution in [0.1, 0.15) is 33.9 Å². The molecule has 0 aliphatic carbocycles. The molecule has 1 unspecified atom stereocenters. The van der Waals surface area contributed by atoms with Gasteiger partial charge in [-0.1, -0.05) is 0 Å². The van der Waals surface area contributed by atoms with E-state index in [-0.39, 0.29) is 0 Å². The summed E-state index contributed by atoms with van der Waals surface area (Å²) in [6.07, 6.45) is 2.06. The molecule has 0 aromatic heterocycles. The molecule has 2 aromatic rings. The van der Waals surface area contributed by atoms with Crippen molar-refractivity contribution in [2.24, 2.45) is 0 Å². The molecule has 0 bridgehead atoms. The van der Waals surface area contributed by atoms with Crippen LogP contribution in [0.5, 0.6) is 17.2 Å². The van der Waals surface area contributed by atoms with Gasteiger partial charge in [0.1, 0.15) is 5.75 Å². The van der Waals surface area contributed by atoms with Crippen LogP contribution < -0.4 is 14.2 Å². The van der Waals surface area contributed by atoms with Gasteiger partial charge in [-0.2, -0.15) is 0 Å². The minimum atomic E-state index is 0.391. The minimum Gasteiger partial charge on any atom is -0.497 e. The molecule has 2 aromatic carbocycles. The largest absolute Gasteiger partial charge is 0.497 e. The Morgan fingerprint density at radius 2 is 1.68 bits per heavy atom. The Morgan fingerprint density at radius 1 is 0.920 bits per heavy atom. The monoisotopic (exact) mass is 339 g/mol. The molecule has 0 radical (unpaired) electrons. The number of benzene rings is 2. The maximum Gasteiger partial charge on any atom is 0.161 e. The van der Waals surface area contributed by atoms with E-state index in [1.54, 1.807) is 21.3 Å². The van der Waals surface area contributed by atoms with E-state index >= 15 is 0 Å². The van der Waals surface area contributed by atoms with E-state index in [2.05, 4.69) is 36.1 Å². The molecule has 1 atom stereocenters. The Labute approximate surface area is 149 Å². The summed E-state index contributed by atoms with van der Waals surface area (Å²) < 4.78 is 16.5. The van der Waals surface area contributed by atoms with E-state index in [1.807, 2.05) is 0 Å². The Kier molecular flexibility index (Phi) is 4.08. The number of hydrogen-bond acceptors (Lipinski definition) is 4. The predicted molar refractivity (Wildman–Crippen MR) is 97.8 cm³/mol. The van der Waals surface area contributed by atoms with Crippen molar-refractivity contribution in [2.45, 2.75) is 32.4 Å². The van der Waals surface area contributed by atoms with Gasteiger partial charge in [-0.3, -0.25) is 4.90 Å². The topological polar surface area (TPSA) is 30.9 Å². The van der Waals surface area contributed by atoms with E-state index in [0.29, 0.717) is 6.04 Å². The lowest BCUT2D eigenvalue weighted by molar-refractivity contribution is 0.159. The van der Waals surface area contributed by atoms with Crippen molar-refractivity contribution in [2.75, 3.05) is 27.9 Å². The Bertz CT molecular complexity index is 815. The average molecular weight is 339 g/mol. The molecule has 4 rings (SSSR count). The lowest BCUT2D eigenvalue weighted by Crippen LogP contribution is -2.39. The average Bonchev–Trinajstić information content (AvgIpc) is 2.65. The number of nitrogens with zero attached hydrogens (tertiary/aromatic N) is 1. The highest BCUT2D eigenvalue weighted by molar-refractivity contribution is 5.51. The zero-order valence-corrected chi connectivity index (χ0v) is 15.4. The van der Waals surface area contributed by atoms with Gasteiger partial charge in [-0.05, 0) is 71.8 Å². The van der Waals surface area contributed by atoms with Crippen molar-refractivity contribution >= 4 is 0 Å². The number of fused-ring (bicyclic) bond motifs is 4. The lowest BCUT2D eigenvalue weighted by Gasteiger charge is -2.42. The number of hydrogen-bond donors (Lipinski definition) is 0. The van der Waals surface area contributed by atoms with Crippen molar-refractivity contribution in [1.82, 2.24) is 4.90 Å². The summed E-state index contributed by atoms with van der Waals surface area (Å²) in [5.41, 5.74) is 6.93. The molecule has 2 aliphatic rings. The van der Waals surface area contributed by atoms with Crippen LogP contribution >= 0.6 is 0 Å². The van der Waals surface area contributed by atoms with E-state index in [4.69, 9.17) is 14.2 Å². The second-order valence-corrected chi connectivity index (χ2v) is 6.93. The van der Waals surface area contributed by atoms with Gasteiger partial charge < -0.3 is 14.2 Å². The normalized spacial score (nSPS) is 18.8. The molecule has 2 heterocycles. The predicted octanol–water partition coefficient (Wildman–Crippen LogP) is 3.68. The van der Waals surface area contributed by atoms with Gasteiger partial charge in [-0.15, -0.1) is 0 Å². The third-order valence-corrected chi connectivity index (χ3v) is 5.66. The van der Waals surface area contributed by atoms with Crippen LogP contribution in [0.4, 0.5) is 0 Å². The van der Waals surface area contributed by atoms with Gasteiger partial charge in [0.25, 0.3) is 0 Å². The molecular formula is C21H25NO3. The summed E-state index contributed by atoms with van der Waals surface area (Å²) in [5.74, 6) is 2.59. The fourth-order valence-electron chi connectivity index (χ4n) is 4.30. The maximum atomic E-state index is 5.54. The molecule has 0 saturated heterocycles. The summed E-state index contributed by atoms with van der Waals surface area (Å²) in [6, 6.07) is 9.06. The molecule has 4 heteroatoms. The third-order valence-electron chi connectivity index (χ3n) is 5.66. The summed E-state index contributed by atoms with van der Waals surface area (Å²) in [6.45, 7) is 4.27. The standard InChI is InChI=1S/C21H25NO3/c1-13-7-16(23-2)8-15-9-19-17-11-21(25-4)20(24-3)10-14(17)5-6-22(19)12-18(13)15/h7-8,10-11,19H,5-6,9,12H2,1-4H3. The fraction of sp³-hybridized carbons (Fsp3) is 0.429. The zero-order chi connectivity index (χ0) is 17.6. The van der Waals surface area contributed by atoms with Crippen LogP contribution in [0.15, 0.2) is 24.3 Å². The number of ether oxygens (including phenoxy) is 3. The van der Waals surface area contributed by atoms with E-state index < -0.39 is 0 Å². The second kappa shape index (κ2) is 6.26. The van der Waals surface area contributed by atoms with Crippen LogP contribution in [0.3, 0.4) is 0 Å². The molecule has 0 saturated carbocycles. The summed E-state index contributed by atoms with van der Waals surface area (Å²) in [5, 5.41) is 0. The van der Waals surface area contributed by atoms with Gasteiger partial charge >= 0.3 is 0 Å². The molecule has 0 N–H and O–H groups in total. The van der Waals surface area contributed by atoms with E-state index in [1.165, 1.54) is 27.8 Å². The van der Waals surface area contributed by atoms with Crippen LogP contribution in [-0.2, 0) is 19.4 Å². The SMILES string of the molecule is COc1cc(C)c2c(c1)CC1c3cc(OC)c(OC)cc3CCN1C2. The van der Waals surface area contributed by atoms with Gasteiger partial charge in [0.2, 0.25) is 0 Å². The molecule has 0 amide bonds. The smallest absolute Gasteiger partial charge is 0.161 e. The quantitative estimate of drug-likeness (QED) is 0.854. The van der Waals surface area contributed by atoms with Crippen LogP contribution in [0.25, 0.3) is 0 Å². The van der Waals surface area contributed by atoms with Gasteiger partial charge in [-0.25, -0.2) is 0 Å². The van der Waals surface area contributed by atoms with Crippen molar-refractivity contribution in [3.05, 3.63) is 52.1 Å². The zero-order valence-electron chi connectivity index (χ0n) is 15.4. The van der Waals surface area contributed by atoms with Crippen molar-refractivity contribution in [1.29, 1.82) is 0 Å². The highest BCUT2D eigenvalue weighted by atomic mass is 16.5. The van der Waals surface area contributed by atoms with Gasteiger partial charge in [0.05, 0.1) is 21.3 Å². The molecule has 0 spiro atoms. The number of methoxy groups -OCH3 is 3. The number of aryl methyl sites for hydroxylation is 1. The first-order valence-electron chi connectivity index (χ1n) is 8.79. The molecule has 132 valence electrons. The molecule has 25 heavy (non-hydrogen) atoms. The molecule has 0 fully saturated rings. The van der Waals surface area contributed by atoms with Crippen molar-refractivity contribution < 1.29 is 14.2 Å². The molecule has 4 nitrogen and oxygen atoms in total. The van der Waals surface area contributed by atoms with Crippen LogP contribution in [0, 0.1) is 6.92 Å². The van der Waals surface area contributed by atoms with Gasteiger partial charge in [0, 0.05) is 19.1 Å². The Hall–Kier alpha value is -2.20. The highest BCUT2D eigenvalue weighted by Crippen LogP contribution is 2.43.